The normalized spacial score (nSPS) is 22.2. The second-order valence-electron chi connectivity index (χ2n) is 11.9. The maximum absolute atomic E-state index is 14.0. The topological polar surface area (TPSA) is 156 Å². The lowest BCUT2D eigenvalue weighted by Crippen LogP contribution is -2.50. The molecule has 12 heteroatoms. The number of aliphatic hydroxyl groups is 1. The lowest BCUT2D eigenvalue weighted by molar-refractivity contribution is -0.140. The van der Waals surface area contributed by atoms with E-state index in [9.17, 15) is 24.3 Å². The van der Waals surface area contributed by atoms with Crippen LogP contribution >= 0.6 is 0 Å². The molecule has 0 saturated carbocycles. The summed E-state index contributed by atoms with van der Waals surface area (Å²) in [5.74, 6) is -1.32. The number of amides is 4. The number of aliphatic hydroxyl groups excluding tert-OH is 1. The molecule has 0 bridgehead atoms. The van der Waals surface area contributed by atoms with Crippen LogP contribution in [0.3, 0.4) is 0 Å². The van der Waals surface area contributed by atoms with Crippen molar-refractivity contribution in [2.75, 3.05) is 39.0 Å². The summed E-state index contributed by atoms with van der Waals surface area (Å²) in [6.07, 6.45) is 1.72. The Morgan fingerprint density at radius 3 is 2.44 bits per heavy atom. The first-order chi connectivity index (χ1) is 21.7. The predicted molar refractivity (Wildman–Crippen MR) is 170 cm³/mol. The third-order valence-electron chi connectivity index (χ3n) is 8.48. The highest BCUT2D eigenvalue weighted by atomic mass is 16.3. The van der Waals surface area contributed by atoms with Crippen LogP contribution in [-0.2, 0) is 25.6 Å². The molecule has 3 heterocycles. The van der Waals surface area contributed by atoms with Gasteiger partial charge in [-0.3, -0.25) is 29.1 Å². The highest BCUT2D eigenvalue weighted by Crippen LogP contribution is 2.26. The van der Waals surface area contributed by atoms with Gasteiger partial charge < -0.3 is 31.3 Å². The lowest BCUT2D eigenvalue weighted by atomic mass is 10.1. The van der Waals surface area contributed by atoms with Gasteiger partial charge in [-0.2, -0.15) is 0 Å². The number of aromatic nitrogens is 1. The molecule has 5 atom stereocenters. The van der Waals surface area contributed by atoms with Crippen LogP contribution in [0.25, 0.3) is 10.9 Å². The second-order valence-corrected chi connectivity index (χ2v) is 11.9. The molecule has 2 saturated heterocycles. The Morgan fingerprint density at radius 1 is 0.956 bits per heavy atom. The number of fused-ring (bicyclic) bond motifs is 1. The summed E-state index contributed by atoms with van der Waals surface area (Å²) >= 11 is 0. The minimum absolute atomic E-state index is 0.116. The standard InChI is InChI=1S/C33H41N7O5/c1-34-18-30(42)36-24-16-28(39(2)19-24)33(45)40-20-25(38-32(44)29(41)13-12-21-8-4-3-5-9-21)15-27(40)31(43)37-23-14-22-10-6-7-11-26(22)35-17-23/h3-11,14,17,24-25,27-29,34,41H,12-13,15-16,18-20H2,1-2H3,(H,36,42)(H,37,43)(H,38,44)/t24-,25+,27-,28-,29+/m0/s1. The fourth-order valence-electron chi connectivity index (χ4n) is 6.20. The van der Waals surface area contributed by atoms with Gasteiger partial charge in [0.2, 0.25) is 23.6 Å². The molecule has 12 nitrogen and oxygen atoms in total. The van der Waals surface area contributed by atoms with Gasteiger partial charge in [-0.1, -0.05) is 48.5 Å². The quantitative estimate of drug-likeness (QED) is 0.211. The number of hydrogen-bond donors (Lipinski definition) is 5. The molecule has 2 aliphatic heterocycles. The summed E-state index contributed by atoms with van der Waals surface area (Å²) in [7, 11) is 3.51. The van der Waals surface area contributed by atoms with E-state index in [1.807, 2.05) is 72.6 Å². The summed E-state index contributed by atoms with van der Waals surface area (Å²) in [4.78, 5) is 60.6. The molecule has 2 aromatic carbocycles. The number of carbonyl (C=O) groups excluding carboxylic acids is 4. The first-order valence-corrected chi connectivity index (χ1v) is 15.3. The molecule has 0 radical (unpaired) electrons. The van der Waals surface area contributed by atoms with E-state index in [-0.39, 0.29) is 49.7 Å². The zero-order chi connectivity index (χ0) is 31.9. The van der Waals surface area contributed by atoms with Crippen molar-refractivity contribution in [2.45, 2.75) is 56.0 Å². The average molecular weight is 616 g/mol. The number of rotatable bonds is 11. The van der Waals surface area contributed by atoms with E-state index in [2.05, 4.69) is 26.3 Å². The van der Waals surface area contributed by atoms with Crippen LogP contribution in [0.1, 0.15) is 24.8 Å². The van der Waals surface area contributed by atoms with Crippen molar-refractivity contribution in [1.29, 1.82) is 0 Å². The second kappa shape index (κ2) is 14.6. The van der Waals surface area contributed by atoms with Crippen molar-refractivity contribution in [3.05, 3.63) is 72.4 Å². The van der Waals surface area contributed by atoms with Gasteiger partial charge in [0.05, 0.1) is 30.0 Å². The summed E-state index contributed by atoms with van der Waals surface area (Å²) in [5, 5.41) is 23.0. The number of carbonyl (C=O) groups is 4. The third kappa shape index (κ3) is 8.01. The number of anilines is 1. The first kappa shape index (κ1) is 32.0. The van der Waals surface area contributed by atoms with Crippen molar-refractivity contribution in [3.63, 3.8) is 0 Å². The number of benzene rings is 2. The summed E-state index contributed by atoms with van der Waals surface area (Å²) in [6, 6.07) is 16.8. The highest BCUT2D eigenvalue weighted by Gasteiger charge is 2.45. The van der Waals surface area contributed by atoms with Crippen LogP contribution in [0.5, 0.6) is 0 Å². The Kier molecular flexibility index (Phi) is 10.4. The number of aryl methyl sites for hydroxylation is 1. The van der Waals surface area contributed by atoms with Crippen molar-refractivity contribution in [3.8, 4) is 0 Å². The fourth-order valence-corrected chi connectivity index (χ4v) is 6.20. The summed E-state index contributed by atoms with van der Waals surface area (Å²) in [6.45, 7) is 0.785. The predicted octanol–water partition coefficient (Wildman–Crippen LogP) is 0.661. The molecule has 2 aliphatic rings. The van der Waals surface area contributed by atoms with E-state index < -0.39 is 30.1 Å². The molecule has 1 aromatic heterocycles. The van der Waals surface area contributed by atoms with Crippen LogP contribution in [0, 0.1) is 0 Å². The number of nitrogens with zero attached hydrogens (tertiary/aromatic N) is 3. The van der Waals surface area contributed by atoms with E-state index in [0.29, 0.717) is 25.1 Å². The Morgan fingerprint density at radius 2 is 1.67 bits per heavy atom. The number of para-hydroxylation sites is 1. The Hall–Kier alpha value is -4.39. The summed E-state index contributed by atoms with van der Waals surface area (Å²) in [5.41, 5.74) is 2.31. The largest absolute Gasteiger partial charge is 0.383 e. The number of nitrogens with one attached hydrogen (secondary N) is 4. The molecular formula is C33H41N7O5. The van der Waals surface area contributed by atoms with Gasteiger partial charge in [-0.25, -0.2) is 0 Å². The molecule has 238 valence electrons. The minimum Gasteiger partial charge on any atom is -0.383 e. The number of hydrogen-bond acceptors (Lipinski definition) is 8. The van der Waals surface area contributed by atoms with Crippen molar-refractivity contribution in [2.24, 2.45) is 0 Å². The molecule has 45 heavy (non-hydrogen) atoms. The first-order valence-electron chi connectivity index (χ1n) is 15.3. The maximum Gasteiger partial charge on any atom is 0.249 e. The monoisotopic (exact) mass is 615 g/mol. The Bertz CT molecular complexity index is 1520. The van der Waals surface area contributed by atoms with Crippen LogP contribution in [0.4, 0.5) is 5.69 Å². The molecule has 4 amide bonds. The number of likely N-dealkylation sites (tertiary alicyclic amines) is 2. The van der Waals surface area contributed by atoms with Crippen LogP contribution in [0.2, 0.25) is 0 Å². The van der Waals surface area contributed by atoms with E-state index in [1.165, 1.54) is 4.90 Å². The lowest BCUT2D eigenvalue weighted by Gasteiger charge is -2.29. The van der Waals surface area contributed by atoms with Gasteiger partial charge in [0.1, 0.15) is 12.1 Å². The maximum atomic E-state index is 14.0. The van der Waals surface area contributed by atoms with Crippen molar-refractivity contribution < 1.29 is 24.3 Å². The van der Waals surface area contributed by atoms with E-state index in [4.69, 9.17) is 0 Å². The SMILES string of the molecule is CNCC(=O)N[C@H]1C[C@@H](C(=O)N2C[C@H](NC(=O)[C@H](O)CCc3ccccc3)C[C@H]2C(=O)Nc2cnc3ccccc3c2)N(C)C1. The van der Waals surface area contributed by atoms with Gasteiger partial charge in [0, 0.05) is 30.6 Å². The van der Waals surface area contributed by atoms with E-state index >= 15 is 0 Å². The summed E-state index contributed by atoms with van der Waals surface area (Å²) < 4.78 is 0. The van der Waals surface area contributed by atoms with Crippen LogP contribution in [-0.4, -0.2) is 108 Å². The van der Waals surface area contributed by atoms with Crippen molar-refractivity contribution in [1.82, 2.24) is 30.7 Å². The molecule has 2 fully saturated rings. The van der Waals surface area contributed by atoms with Crippen LogP contribution < -0.4 is 21.3 Å². The highest BCUT2D eigenvalue weighted by molar-refractivity contribution is 5.99. The number of pyridine rings is 1. The zero-order valence-corrected chi connectivity index (χ0v) is 25.6. The molecular weight excluding hydrogens is 574 g/mol. The van der Waals surface area contributed by atoms with E-state index in [1.54, 1.807) is 13.2 Å². The van der Waals surface area contributed by atoms with Gasteiger partial charge in [-0.05, 0) is 57.5 Å². The average Bonchev–Trinajstić information content (AvgIpc) is 3.63. The molecule has 5 rings (SSSR count). The molecule has 0 aliphatic carbocycles. The van der Waals surface area contributed by atoms with E-state index in [0.717, 1.165) is 16.5 Å². The molecule has 3 aromatic rings. The molecule has 0 spiro atoms. The van der Waals surface area contributed by atoms with Gasteiger partial charge in [-0.15, -0.1) is 0 Å². The van der Waals surface area contributed by atoms with Crippen LogP contribution in [0.15, 0.2) is 66.9 Å². The Labute approximate surface area is 262 Å². The van der Waals surface area contributed by atoms with Crippen molar-refractivity contribution >= 4 is 40.2 Å². The molecule has 5 N–H and O–H groups in total. The smallest absolute Gasteiger partial charge is 0.249 e. The molecule has 0 unspecified atom stereocenters. The van der Waals surface area contributed by atoms with Gasteiger partial charge in [0.25, 0.3) is 0 Å². The van der Waals surface area contributed by atoms with Gasteiger partial charge in [0.15, 0.2) is 0 Å². The zero-order valence-electron chi connectivity index (χ0n) is 25.6. The fraction of sp³-hybridized carbons (Fsp3) is 0.424. The minimum atomic E-state index is -1.23. The Balaban J connectivity index is 1.28. The number of likely N-dealkylation sites (N-methyl/N-ethyl adjacent to an activating group) is 2. The van der Waals surface area contributed by atoms with Gasteiger partial charge >= 0.3 is 0 Å². The third-order valence-corrected chi connectivity index (χ3v) is 8.48.